The molecule has 0 radical (unpaired) electrons. The van der Waals surface area contributed by atoms with E-state index in [1.165, 1.54) is 10.4 Å². The van der Waals surface area contributed by atoms with Crippen LogP contribution in [0.2, 0.25) is 0 Å². The Morgan fingerprint density at radius 1 is 0.839 bits per heavy atom. The molecule has 0 spiro atoms. The van der Waals surface area contributed by atoms with E-state index in [2.05, 4.69) is 28.5 Å². The zero-order chi connectivity index (χ0) is 21.4. The Bertz CT molecular complexity index is 1130. The quantitative estimate of drug-likeness (QED) is 0.457. The van der Waals surface area contributed by atoms with E-state index in [-0.39, 0.29) is 19.3 Å². The van der Waals surface area contributed by atoms with Crippen LogP contribution in [-0.2, 0) is 22.6 Å². The van der Waals surface area contributed by atoms with Gasteiger partial charge >= 0.3 is 17.8 Å². The van der Waals surface area contributed by atoms with Gasteiger partial charge in [0.05, 0.1) is 19.3 Å². The number of nitrogens with zero attached hydrogens (tertiary/aromatic N) is 3. The summed E-state index contributed by atoms with van der Waals surface area (Å²) in [6.07, 6.45) is 0.855. The van der Waals surface area contributed by atoms with Crippen LogP contribution in [-0.4, -0.2) is 45.8 Å². The second kappa shape index (κ2) is 8.09. The van der Waals surface area contributed by atoms with Crippen LogP contribution in [0.25, 0.3) is 0 Å². The average molecular weight is 432 g/mol. The number of carbonyl (C=O) groups excluding carboxylic acids is 3. The van der Waals surface area contributed by atoms with Crippen LogP contribution in [0.5, 0.6) is 0 Å². The summed E-state index contributed by atoms with van der Waals surface area (Å²) >= 11 is 1.74. The number of imide groups is 2. The molecule has 0 unspecified atom stereocenters. The van der Waals surface area contributed by atoms with Gasteiger partial charge in [-0.05, 0) is 34.6 Å². The number of hydrogen-bond donors (Lipinski definition) is 0. The summed E-state index contributed by atoms with van der Waals surface area (Å²) in [4.78, 5) is 43.9. The summed E-state index contributed by atoms with van der Waals surface area (Å²) in [7, 11) is 0. The summed E-state index contributed by atoms with van der Waals surface area (Å²) < 4.78 is 0. The van der Waals surface area contributed by atoms with Crippen molar-refractivity contribution in [2.24, 2.45) is 0 Å². The minimum Gasteiger partial charge on any atom is -0.274 e. The Morgan fingerprint density at radius 2 is 1.52 bits per heavy atom. The fourth-order valence-corrected chi connectivity index (χ4v) is 5.21. The van der Waals surface area contributed by atoms with Gasteiger partial charge in [-0.2, -0.15) is 0 Å². The zero-order valence-electron chi connectivity index (χ0n) is 16.8. The SMILES string of the molecule is O=C1C(=O)N(CN2CCc3sccc3[C@@H]2c2ccccc2)C(=O)N1Cc1ccccc1. The van der Waals surface area contributed by atoms with Crippen molar-refractivity contribution >= 4 is 29.2 Å². The smallest absolute Gasteiger partial charge is 0.274 e. The first-order valence-corrected chi connectivity index (χ1v) is 11.1. The van der Waals surface area contributed by atoms with Gasteiger partial charge in [-0.25, -0.2) is 9.69 Å². The molecular weight excluding hydrogens is 410 g/mol. The lowest BCUT2D eigenvalue weighted by Crippen LogP contribution is -2.46. The lowest BCUT2D eigenvalue weighted by atomic mass is 9.94. The van der Waals surface area contributed by atoms with Crippen molar-refractivity contribution in [3.63, 3.8) is 0 Å². The first kappa shape index (κ1) is 19.7. The van der Waals surface area contributed by atoms with E-state index in [4.69, 9.17) is 0 Å². The Kier molecular flexibility index (Phi) is 5.13. The topological polar surface area (TPSA) is 60.9 Å². The van der Waals surface area contributed by atoms with Crippen molar-refractivity contribution in [1.29, 1.82) is 0 Å². The molecule has 0 N–H and O–H groups in total. The number of benzene rings is 2. The second-order valence-corrected chi connectivity index (χ2v) is 8.71. The molecule has 6 nitrogen and oxygen atoms in total. The van der Waals surface area contributed by atoms with Crippen LogP contribution < -0.4 is 0 Å². The van der Waals surface area contributed by atoms with Crippen LogP contribution in [0, 0.1) is 0 Å². The second-order valence-electron chi connectivity index (χ2n) is 7.71. The van der Waals surface area contributed by atoms with Gasteiger partial charge in [0.1, 0.15) is 0 Å². The van der Waals surface area contributed by atoms with Crippen molar-refractivity contribution in [3.05, 3.63) is 93.7 Å². The van der Waals surface area contributed by atoms with Crippen molar-refractivity contribution in [2.45, 2.75) is 19.0 Å². The number of urea groups is 1. The molecule has 1 saturated heterocycles. The van der Waals surface area contributed by atoms with Gasteiger partial charge in [-0.3, -0.25) is 19.4 Å². The first-order valence-electron chi connectivity index (χ1n) is 10.2. The normalized spacial score (nSPS) is 19.2. The molecule has 31 heavy (non-hydrogen) atoms. The molecule has 3 aromatic rings. The molecule has 2 aliphatic rings. The van der Waals surface area contributed by atoms with E-state index in [0.29, 0.717) is 6.54 Å². The lowest BCUT2D eigenvalue weighted by Gasteiger charge is -2.37. The largest absolute Gasteiger partial charge is 0.335 e. The molecule has 7 heteroatoms. The van der Waals surface area contributed by atoms with E-state index in [9.17, 15) is 14.4 Å². The Labute approximate surface area is 184 Å². The highest BCUT2D eigenvalue weighted by atomic mass is 32.1. The van der Waals surface area contributed by atoms with Gasteiger partial charge in [0.25, 0.3) is 0 Å². The molecule has 4 amide bonds. The van der Waals surface area contributed by atoms with Gasteiger partial charge in [-0.1, -0.05) is 60.7 Å². The van der Waals surface area contributed by atoms with Crippen molar-refractivity contribution < 1.29 is 14.4 Å². The molecule has 1 atom stereocenters. The molecule has 156 valence electrons. The molecule has 5 rings (SSSR count). The molecule has 1 fully saturated rings. The third-order valence-corrected chi connectivity index (χ3v) is 6.82. The Balaban J connectivity index is 1.41. The Morgan fingerprint density at radius 3 is 2.26 bits per heavy atom. The van der Waals surface area contributed by atoms with Crippen LogP contribution in [0.15, 0.2) is 72.1 Å². The summed E-state index contributed by atoms with van der Waals surface area (Å²) in [6, 6.07) is 20.8. The third kappa shape index (κ3) is 3.56. The fourth-order valence-electron chi connectivity index (χ4n) is 4.31. The van der Waals surface area contributed by atoms with E-state index in [1.54, 1.807) is 11.3 Å². The maximum Gasteiger partial charge on any atom is 0.335 e. The fraction of sp³-hybridized carbons (Fsp3) is 0.208. The van der Waals surface area contributed by atoms with Crippen LogP contribution in [0.1, 0.15) is 27.6 Å². The maximum atomic E-state index is 13.0. The minimum absolute atomic E-state index is 0.0601. The first-order chi connectivity index (χ1) is 15.1. The maximum absolute atomic E-state index is 13.0. The summed E-state index contributed by atoms with van der Waals surface area (Å²) in [5.41, 5.74) is 3.12. The molecule has 3 heterocycles. The van der Waals surface area contributed by atoms with Gasteiger partial charge in [0.15, 0.2) is 0 Å². The highest BCUT2D eigenvalue weighted by Gasteiger charge is 2.46. The van der Waals surface area contributed by atoms with Crippen molar-refractivity contribution in [3.8, 4) is 0 Å². The summed E-state index contributed by atoms with van der Waals surface area (Å²) in [5, 5.41) is 2.08. The molecule has 1 aromatic heterocycles. The van der Waals surface area contributed by atoms with Gasteiger partial charge in [0, 0.05) is 11.4 Å². The monoisotopic (exact) mass is 431 g/mol. The lowest BCUT2D eigenvalue weighted by molar-refractivity contribution is -0.144. The Hall–Kier alpha value is -3.29. The zero-order valence-corrected chi connectivity index (χ0v) is 17.6. The number of amides is 4. The minimum atomic E-state index is -0.765. The molecule has 0 saturated carbocycles. The predicted octanol–water partition coefficient (Wildman–Crippen LogP) is 3.64. The summed E-state index contributed by atoms with van der Waals surface area (Å²) in [5.74, 6) is -1.53. The number of rotatable bonds is 5. The molecule has 0 aliphatic carbocycles. The average Bonchev–Trinajstić information content (AvgIpc) is 3.36. The number of hydrogen-bond acceptors (Lipinski definition) is 5. The number of carbonyl (C=O) groups is 3. The highest BCUT2D eigenvalue weighted by molar-refractivity contribution is 7.10. The molecule has 2 aliphatic heterocycles. The standard InChI is InChI=1S/C24H21N3O3S/c28-22-23(29)27(24(30)26(22)15-17-7-3-1-4-8-17)16-25-13-11-20-19(12-14-31-20)21(25)18-9-5-2-6-10-18/h1-10,12,14,21H,11,13,15-16H2/t21-/m0/s1. The van der Waals surface area contributed by atoms with E-state index in [1.807, 2.05) is 48.5 Å². The van der Waals surface area contributed by atoms with Crippen LogP contribution in [0.3, 0.4) is 0 Å². The van der Waals surface area contributed by atoms with Crippen LogP contribution in [0.4, 0.5) is 4.79 Å². The van der Waals surface area contributed by atoms with E-state index < -0.39 is 17.8 Å². The predicted molar refractivity (Wildman–Crippen MR) is 117 cm³/mol. The third-order valence-electron chi connectivity index (χ3n) is 5.82. The van der Waals surface area contributed by atoms with Gasteiger partial charge in [-0.15, -0.1) is 11.3 Å². The van der Waals surface area contributed by atoms with Gasteiger partial charge < -0.3 is 0 Å². The van der Waals surface area contributed by atoms with Crippen molar-refractivity contribution in [1.82, 2.24) is 14.7 Å². The van der Waals surface area contributed by atoms with E-state index in [0.717, 1.165) is 27.3 Å². The highest BCUT2D eigenvalue weighted by Crippen LogP contribution is 2.38. The molecule has 2 aromatic carbocycles. The number of fused-ring (bicyclic) bond motifs is 1. The number of thiophene rings is 1. The van der Waals surface area contributed by atoms with Crippen LogP contribution >= 0.6 is 11.3 Å². The van der Waals surface area contributed by atoms with E-state index >= 15 is 0 Å². The van der Waals surface area contributed by atoms with Gasteiger partial charge in [0.2, 0.25) is 0 Å². The summed E-state index contributed by atoms with van der Waals surface area (Å²) in [6.45, 7) is 0.887. The molecule has 0 bridgehead atoms. The van der Waals surface area contributed by atoms with Crippen molar-refractivity contribution in [2.75, 3.05) is 13.2 Å². The molecular formula is C24H21N3O3S.